The van der Waals surface area contributed by atoms with Crippen molar-refractivity contribution in [2.75, 3.05) is 5.32 Å². The minimum atomic E-state index is -0.790. The molecule has 0 spiro atoms. The van der Waals surface area contributed by atoms with Crippen LogP contribution in [0.3, 0.4) is 0 Å². The Balaban J connectivity index is 1.60. The number of amides is 1. The Morgan fingerprint density at radius 2 is 1.80 bits per heavy atom. The van der Waals surface area contributed by atoms with E-state index in [1.54, 1.807) is 23.0 Å². The molecule has 0 saturated heterocycles. The molecule has 0 saturated carbocycles. The van der Waals surface area contributed by atoms with Crippen LogP contribution >= 0.6 is 0 Å². The van der Waals surface area contributed by atoms with Crippen LogP contribution < -0.4 is 5.32 Å². The fourth-order valence-corrected chi connectivity index (χ4v) is 4.12. The first-order valence-corrected chi connectivity index (χ1v) is 11.6. The monoisotopic (exact) mass is 476 g/mol. The van der Waals surface area contributed by atoms with Gasteiger partial charge in [0.15, 0.2) is 0 Å². The number of aryl methyl sites for hydroxylation is 1. The van der Waals surface area contributed by atoms with E-state index in [-0.39, 0.29) is 23.7 Å². The number of unbranched alkanes of at least 4 members (excludes halogenated alkanes) is 1. The van der Waals surface area contributed by atoms with Crippen LogP contribution in [0.1, 0.15) is 50.4 Å². The Hall–Kier alpha value is -3.94. The third kappa shape index (κ3) is 5.42. The molecule has 0 aliphatic heterocycles. The van der Waals surface area contributed by atoms with E-state index >= 15 is 0 Å². The summed E-state index contributed by atoms with van der Waals surface area (Å²) in [5.74, 6) is -1.44. The summed E-state index contributed by atoms with van der Waals surface area (Å²) in [7, 11) is 0. The van der Waals surface area contributed by atoms with Crippen molar-refractivity contribution in [2.24, 2.45) is 0 Å². The average Bonchev–Trinajstić information content (AvgIpc) is 3.42. The molecule has 0 radical (unpaired) electrons. The van der Waals surface area contributed by atoms with Crippen LogP contribution in [0.15, 0.2) is 60.9 Å². The standard InChI is InChI=1S/C27H29FN4O3/c1-27(2,3)32-25(19-7-10-20(28)11-8-19)22(17-29-32)26(35)30-21-12-9-18-13-15-31(23(18)16-21)14-5-4-6-24(33)34/h7-13,15-17H,4-6,14H2,1-3H3,(H,30,35)(H,33,34). The van der Waals surface area contributed by atoms with Crippen LogP contribution in [-0.4, -0.2) is 31.3 Å². The van der Waals surface area contributed by atoms with Crippen molar-refractivity contribution in [3.8, 4) is 11.3 Å². The van der Waals surface area contributed by atoms with Gasteiger partial charge in [0, 0.05) is 30.4 Å². The number of rotatable bonds is 8. The SMILES string of the molecule is CC(C)(C)n1ncc(C(=O)Nc2ccc3ccn(CCCCC(=O)O)c3c2)c1-c1ccc(F)cc1. The summed E-state index contributed by atoms with van der Waals surface area (Å²) >= 11 is 0. The number of carboxylic acid groups (broad SMARTS) is 1. The lowest BCUT2D eigenvalue weighted by Gasteiger charge is -2.23. The number of halogens is 1. The highest BCUT2D eigenvalue weighted by molar-refractivity contribution is 6.08. The molecule has 4 rings (SSSR count). The quantitative estimate of drug-likeness (QED) is 0.310. The minimum absolute atomic E-state index is 0.152. The second-order valence-corrected chi connectivity index (χ2v) is 9.58. The summed E-state index contributed by atoms with van der Waals surface area (Å²) in [5, 5.41) is 17.3. The zero-order valence-corrected chi connectivity index (χ0v) is 20.1. The highest BCUT2D eigenvalue weighted by atomic mass is 19.1. The molecule has 1 amide bonds. The number of hydrogen-bond acceptors (Lipinski definition) is 3. The van der Waals surface area contributed by atoms with E-state index in [0.29, 0.717) is 35.5 Å². The van der Waals surface area contributed by atoms with Crippen LogP contribution in [0.2, 0.25) is 0 Å². The molecule has 0 aliphatic carbocycles. The van der Waals surface area contributed by atoms with Crippen molar-refractivity contribution in [1.82, 2.24) is 14.3 Å². The van der Waals surface area contributed by atoms with Gasteiger partial charge in [-0.15, -0.1) is 0 Å². The number of nitrogens with one attached hydrogen (secondary N) is 1. The van der Waals surface area contributed by atoms with Crippen molar-refractivity contribution < 1.29 is 19.1 Å². The maximum absolute atomic E-state index is 13.5. The van der Waals surface area contributed by atoms with Crippen molar-refractivity contribution in [3.05, 3.63) is 72.3 Å². The fraction of sp³-hybridized carbons (Fsp3) is 0.296. The summed E-state index contributed by atoms with van der Waals surface area (Å²) in [6.07, 6.45) is 5.02. The Bertz CT molecular complexity index is 1360. The second kappa shape index (κ2) is 9.74. The molecule has 0 bridgehead atoms. The summed E-state index contributed by atoms with van der Waals surface area (Å²) in [6.45, 7) is 6.68. The first-order chi connectivity index (χ1) is 16.6. The third-order valence-corrected chi connectivity index (χ3v) is 5.84. The van der Waals surface area contributed by atoms with E-state index in [4.69, 9.17) is 5.11 Å². The van der Waals surface area contributed by atoms with E-state index in [1.807, 2.05) is 51.2 Å². The van der Waals surface area contributed by atoms with E-state index in [9.17, 15) is 14.0 Å². The van der Waals surface area contributed by atoms with Gasteiger partial charge in [-0.2, -0.15) is 5.10 Å². The zero-order valence-electron chi connectivity index (χ0n) is 20.1. The number of nitrogens with zero attached hydrogens (tertiary/aromatic N) is 3. The Morgan fingerprint density at radius 3 is 2.49 bits per heavy atom. The van der Waals surface area contributed by atoms with E-state index in [0.717, 1.165) is 17.3 Å². The number of fused-ring (bicyclic) bond motifs is 1. The molecule has 0 atom stereocenters. The Kier molecular flexibility index (Phi) is 6.73. The Labute approximate surface area is 203 Å². The fourth-order valence-electron chi connectivity index (χ4n) is 4.12. The number of benzene rings is 2. The maximum Gasteiger partial charge on any atom is 0.303 e. The van der Waals surface area contributed by atoms with Crippen molar-refractivity contribution in [3.63, 3.8) is 0 Å². The molecule has 0 unspecified atom stereocenters. The van der Waals surface area contributed by atoms with Gasteiger partial charge in [-0.1, -0.05) is 6.07 Å². The van der Waals surface area contributed by atoms with Crippen LogP contribution in [0.25, 0.3) is 22.2 Å². The van der Waals surface area contributed by atoms with Gasteiger partial charge in [0.25, 0.3) is 5.91 Å². The molecule has 8 heteroatoms. The van der Waals surface area contributed by atoms with E-state index in [1.165, 1.54) is 12.1 Å². The maximum atomic E-state index is 13.5. The smallest absolute Gasteiger partial charge is 0.303 e. The molecule has 2 N–H and O–H groups in total. The zero-order chi connectivity index (χ0) is 25.2. The van der Waals surface area contributed by atoms with Crippen LogP contribution in [0.4, 0.5) is 10.1 Å². The molecule has 182 valence electrons. The predicted molar refractivity (Wildman–Crippen MR) is 134 cm³/mol. The van der Waals surface area contributed by atoms with Gasteiger partial charge in [0.1, 0.15) is 5.82 Å². The molecule has 35 heavy (non-hydrogen) atoms. The number of carboxylic acids is 1. The lowest BCUT2D eigenvalue weighted by Crippen LogP contribution is -2.24. The van der Waals surface area contributed by atoms with Crippen molar-refractivity contribution >= 4 is 28.5 Å². The normalized spacial score (nSPS) is 11.7. The number of carbonyl (C=O) groups is 2. The molecule has 0 fully saturated rings. The lowest BCUT2D eigenvalue weighted by atomic mass is 10.0. The van der Waals surface area contributed by atoms with Gasteiger partial charge in [0.05, 0.1) is 28.5 Å². The first kappa shape index (κ1) is 24.2. The third-order valence-electron chi connectivity index (χ3n) is 5.84. The van der Waals surface area contributed by atoms with E-state index in [2.05, 4.69) is 15.0 Å². The number of aliphatic carboxylic acids is 1. The highest BCUT2D eigenvalue weighted by Crippen LogP contribution is 2.30. The van der Waals surface area contributed by atoms with E-state index < -0.39 is 5.97 Å². The highest BCUT2D eigenvalue weighted by Gasteiger charge is 2.25. The number of hydrogen-bond donors (Lipinski definition) is 2. The summed E-state index contributed by atoms with van der Waals surface area (Å²) in [4.78, 5) is 24.1. The van der Waals surface area contributed by atoms with Gasteiger partial charge in [-0.05, 0) is 81.5 Å². The summed E-state index contributed by atoms with van der Waals surface area (Å²) in [5.41, 5.74) is 2.94. The molecular weight excluding hydrogens is 447 g/mol. The number of aromatic nitrogens is 3. The second-order valence-electron chi connectivity index (χ2n) is 9.58. The van der Waals surface area contributed by atoms with Gasteiger partial charge in [-0.25, -0.2) is 4.39 Å². The molecule has 2 heterocycles. The average molecular weight is 477 g/mol. The molecule has 2 aromatic heterocycles. The Morgan fingerprint density at radius 1 is 1.06 bits per heavy atom. The predicted octanol–water partition coefficient (Wildman–Crippen LogP) is 5.91. The van der Waals surface area contributed by atoms with Crippen LogP contribution in [0, 0.1) is 5.82 Å². The van der Waals surface area contributed by atoms with Crippen LogP contribution in [-0.2, 0) is 16.9 Å². The van der Waals surface area contributed by atoms with Crippen molar-refractivity contribution in [1.29, 1.82) is 0 Å². The molecule has 0 aliphatic rings. The van der Waals surface area contributed by atoms with Crippen LogP contribution in [0.5, 0.6) is 0 Å². The van der Waals surface area contributed by atoms with Gasteiger partial charge in [0.2, 0.25) is 0 Å². The molecule has 2 aromatic carbocycles. The minimum Gasteiger partial charge on any atom is -0.481 e. The van der Waals surface area contributed by atoms with Gasteiger partial charge < -0.3 is 15.0 Å². The van der Waals surface area contributed by atoms with Gasteiger partial charge in [-0.3, -0.25) is 14.3 Å². The molecule has 4 aromatic rings. The first-order valence-electron chi connectivity index (χ1n) is 11.6. The number of anilines is 1. The molecular formula is C27H29FN4O3. The topological polar surface area (TPSA) is 89.2 Å². The summed E-state index contributed by atoms with van der Waals surface area (Å²) < 4.78 is 17.4. The van der Waals surface area contributed by atoms with Gasteiger partial charge >= 0.3 is 5.97 Å². The molecule has 7 nitrogen and oxygen atoms in total. The number of carbonyl (C=O) groups excluding carboxylic acids is 1. The largest absolute Gasteiger partial charge is 0.481 e. The van der Waals surface area contributed by atoms with Crippen molar-refractivity contribution in [2.45, 2.75) is 52.1 Å². The summed E-state index contributed by atoms with van der Waals surface area (Å²) in [6, 6.07) is 13.7. The lowest BCUT2D eigenvalue weighted by molar-refractivity contribution is -0.137.